The van der Waals surface area contributed by atoms with Crippen LogP contribution in [0.5, 0.6) is 0 Å². The lowest BCUT2D eigenvalue weighted by atomic mass is 10.1. The van der Waals surface area contributed by atoms with Crippen LogP contribution in [-0.4, -0.2) is 46.4 Å². The fourth-order valence-corrected chi connectivity index (χ4v) is 2.41. The van der Waals surface area contributed by atoms with Crippen LogP contribution in [0.25, 0.3) is 5.69 Å². The van der Waals surface area contributed by atoms with Crippen molar-refractivity contribution < 1.29 is 14.3 Å². The summed E-state index contributed by atoms with van der Waals surface area (Å²) in [5.74, 6) is 0. The number of hydrogen-bond donors (Lipinski definition) is 2. The first kappa shape index (κ1) is 18.3. The Morgan fingerprint density at radius 3 is 2.96 bits per heavy atom. The van der Waals surface area contributed by atoms with Crippen molar-refractivity contribution >= 4 is 11.8 Å². The average Bonchev–Trinajstić information content (AvgIpc) is 3.19. The molecule has 2 aromatic heterocycles. The second kappa shape index (κ2) is 8.77. The highest BCUT2D eigenvalue weighted by molar-refractivity contribution is 5.84. The minimum atomic E-state index is -0.565. The number of nitrogens with zero attached hydrogens (tertiary/aromatic N) is 3. The summed E-state index contributed by atoms with van der Waals surface area (Å²) in [7, 11) is 1.53. The molecule has 9 heteroatoms. The van der Waals surface area contributed by atoms with E-state index in [2.05, 4.69) is 20.6 Å². The smallest absolute Gasteiger partial charge is 0.411 e. The zero-order valence-corrected chi connectivity index (χ0v) is 14.7. The van der Waals surface area contributed by atoms with Gasteiger partial charge < -0.3 is 9.47 Å². The molecule has 0 aliphatic rings. The maximum absolute atomic E-state index is 12.2. The molecule has 0 saturated carbocycles. The Labute approximate surface area is 154 Å². The Balaban J connectivity index is 1.72. The van der Waals surface area contributed by atoms with Crippen molar-refractivity contribution in [1.29, 1.82) is 0 Å². The molecule has 140 valence electrons. The van der Waals surface area contributed by atoms with Gasteiger partial charge in [-0.25, -0.2) is 9.48 Å². The Morgan fingerprint density at radius 2 is 2.19 bits per heavy atom. The van der Waals surface area contributed by atoms with E-state index in [4.69, 9.17) is 9.47 Å². The molecule has 0 spiro atoms. The van der Waals surface area contributed by atoms with Crippen LogP contribution < -0.4 is 10.7 Å². The number of ether oxygens (including phenoxy) is 2. The average molecular weight is 369 g/mol. The topological polar surface area (TPSA) is 111 Å². The molecular weight excluding hydrogens is 350 g/mol. The first-order valence-electron chi connectivity index (χ1n) is 8.25. The molecule has 3 aromatic rings. The number of anilines is 1. The van der Waals surface area contributed by atoms with E-state index in [1.54, 1.807) is 41.5 Å². The van der Waals surface area contributed by atoms with Gasteiger partial charge in [-0.2, -0.15) is 10.2 Å². The number of amides is 1. The summed E-state index contributed by atoms with van der Waals surface area (Å²) in [6.45, 7) is 0.500. The van der Waals surface area contributed by atoms with Crippen LogP contribution >= 0.6 is 0 Å². The fraction of sp³-hybridized carbons (Fsp3) is 0.222. The molecule has 0 radical (unpaired) electrons. The predicted molar refractivity (Wildman–Crippen MR) is 98.1 cm³/mol. The number of rotatable bonds is 7. The number of carbonyl (C=O) groups excluding carboxylic acids is 1. The third-order valence-electron chi connectivity index (χ3n) is 3.69. The molecule has 0 unspecified atom stereocenters. The van der Waals surface area contributed by atoms with Gasteiger partial charge in [0.1, 0.15) is 18.0 Å². The fourth-order valence-electron chi connectivity index (χ4n) is 2.41. The summed E-state index contributed by atoms with van der Waals surface area (Å²) in [5.41, 5.74) is 2.36. The van der Waals surface area contributed by atoms with Gasteiger partial charge in [0.25, 0.3) is 0 Å². The molecule has 0 aliphatic carbocycles. The minimum Gasteiger partial charge on any atom is -0.447 e. The summed E-state index contributed by atoms with van der Waals surface area (Å²) in [6, 6.07) is 8.62. The van der Waals surface area contributed by atoms with Crippen molar-refractivity contribution in [3.63, 3.8) is 0 Å². The highest BCUT2D eigenvalue weighted by atomic mass is 16.6. The first-order valence-corrected chi connectivity index (χ1v) is 8.25. The first-order chi connectivity index (χ1) is 13.2. The van der Waals surface area contributed by atoms with Crippen molar-refractivity contribution in [2.24, 2.45) is 0 Å². The van der Waals surface area contributed by atoms with Crippen LogP contribution in [0.15, 0.2) is 53.7 Å². The summed E-state index contributed by atoms with van der Waals surface area (Å²) in [6.07, 6.45) is 4.64. The monoisotopic (exact) mass is 369 g/mol. The predicted octanol–water partition coefficient (Wildman–Crippen LogP) is 1.74. The van der Waals surface area contributed by atoms with E-state index < -0.39 is 6.09 Å². The van der Waals surface area contributed by atoms with Crippen LogP contribution in [-0.2, 0) is 15.9 Å². The molecule has 0 saturated heterocycles. The third-order valence-corrected chi connectivity index (χ3v) is 3.69. The standard InChI is InChI=1S/C18H19N5O4/c1-26-7-8-27-18(25)21-14-4-2-3-13(9-14)10-16-17(24)5-6-23(22-16)15-11-19-20-12-15/h2-6,9,11-12H,7-8,10H2,1H3,(H,19,20)(H,21,25). The SMILES string of the molecule is COCCOC(=O)Nc1cccc(Cc2nn(-c3cn[nH]c3)ccc2=O)c1. The number of carbonyl (C=O) groups is 1. The molecule has 2 N–H and O–H groups in total. The number of methoxy groups -OCH3 is 1. The van der Waals surface area contributed by atoms with E-state index in [0.717, 1.165) is 11.3 Å². The van der Waals surface area contributed by atoms with Crippen LogP contribution in [0, 0.1) is 0 Å². The summed E-state index contributed by atoms with van der Waals surface area (Å²) >= 11 is 0. The molecule has 2 heterocycles. The van der Waals surface area contributed by atoms with Crippen molar-refractivity contribution in [1.82, 2.24) is 20.0 Å². The molecule has 3 rings (SSSR count). The highest BCUT2D eigenvalue weighted by Crippen LogP contribution is 2.13. The van der Waals surface area contributed by atoms with Gasteiger partial charge in [0.15, 0.2) is 0 Å². The second-order valence-electron chi connectivity index (χ2n) is 5.66. The highest BCUT2D eigenvalue weighted by Gasteiger charge is 2.08. The van der Waals surface area contributed by atoms with Crippen molar-refractivity contribution in [2.75, 3.05) is 25.6 Å². The molecule has 9 nitrogen and oxygen atoms in total. The van der Waals surface area contributed by atoms with Gasteiger partial charge in [0.2, 0.25) is 5.43 Å². The van der Waals surface area contributed by atoms with Crippen molar-refractivity contribution in [3.8, 4) is 5.69 Å². The van der Waals surface area contributed by atoms with E-state index in [0.29, 0.717) is 24.4 Å². The molecular formula is C18H19N5O4. The van der Waals surface area contributed by atoms with Gasteiger partial charge in [-0.05, 0) is 17.7 Å². The Bertz CT molecular complexity index is 952. The second-order valence-corrected chi connectivity index (χ2v) is 5.66. The lowest BCUT2D eigenvalue weighted by molar-refractivity contribution is 0.107. The quantitative estimate of drug-likeness (QED) is 0.614. The zero-order chi connectivity index (χ0) is 19.1. The summed E-state index contributed by atoms with van der Waals surface area (Å²) < 4.78 is 11.4. The van der Waals surface area contributed by atoms with Crippen LogP contribution in [0.1, 0.15) is 11.3 Å². The number of aromatic nitrogens is 4. The molecule has 27 heavy (non-hydrogen) atoms. The van der Waals surface area contributed by atoms with Crippen LogP contribution in [0.2, 0.25) is 0 Å². The number of aromatic amines is 1. The number of hydrogen-bond acceptors (Lipinski definition) is 6. The molecule has 1 aromatic carbocycles. The van der Waals surface area contributed by atoms with E-state index in [9.17, 15) is 9.59 Å². The molecule has 0 bridgehead atoms. The van der Waals surface area contributed by atoms with Crippen molar-refractivity contribution in [3.05, 3.63) is 70.4 Å². The lowest BCUT2D eigenvalue weighted by Gasteiger charge is -2.09. The van der Waals surface area contributed by atoms with E-state index in [1.165, 1.54) is 13.2 Å². The normalized spacial score (nSPS) is 10.6. The van der Waals surface area contributed by atoms with Gasteiger partial charge in [0, 0.05) is 37.7 Å². The Morgan fingerprint density at radius 1 is 1.30 bits per heavy atom. The van der Waals surface area contributed by atoms with Gasteiger partial charge in [-0.3, -0.25) is 15.2 Å². The molecule has 0 aliphatic heterocycles. The van der Waals surface area contributed by atoms with E-state index in [-0.39, 0.29) is 12.0 Å². The van der Waals surface area contributed by atoms with Gasteiger partial charge >= 0.3 is 6.09 Å². The molecule has 0 atom stereocenters. The minimum absolute atomic E-state index is 0.160. The lowest BCUT2D eigenvalue weighted by Crippen LogP contribution is -2.17. The zero-order valence-electron chi connectivity index (χ0n) is 14.7. The number of benzene rings is 1. The molecule has 1 amide bonds. The van der Waals surface area contributed by atoms with Crippen molar-refractivity contribution in [2.45, 2.75) is 6.42 Å². The Hall–Kier alpha value is -3.46. The largest absolute Gasteiger partial charge is 0.447 e. The van der Waals surface area contributed by atoms with Crippen LogP contribution in [0.3, 0.4) is 0 Å². The van der Waals surface area contributed by atoms with E-state index in [1.807, 2.05) is 6.07 Å². The summed E-state index contributed by atoms with van der Waals surface area (Å²) in [5, 5.41) is 13.6. The number of nitrogens with one attached hydrogen (secondary N) is 2. The maximum Gasteiger partial charge on any atom is 0.411 e. The van der Waals surface area contributed by atoms with E-state index >= 15 is 0 Å². The maximum atomic E-state index is 12.2. The Kier molecular flexibility index (Phi) is 5.95. The van der Waals surface area contributed by atoms with Gasteiger partial charge in [-0.15, -0.1) is 0 Å². The van der Waals surface area contributed by atoms with Gasteiger partial charge in [-0.1, -0.05) is 12.1 Å². The summed E-state index contributed by atoms with van der Waals surface area (Å²) in [4.78, 5) is 23.9. The van der Waals surface area contributed by atoms with Gasteiger partial charge in [0.05, 0.1) is 12.8 Å². The third kappa shape index (κ3) is 5.02. The van der Waals surface area contributed by atoms with Crippen LogP contribution in [0.4, 0.5) is 10.5 Å². The number of H-pyrrole nitrogens is 1. The molecule has 0 fully saturated rings.